The zero-order valence-corrected chi connectivity index (χ0v) is 14.3. The Balaban J connectivity index is 1.47. The van der Waals surface area contributed by atoms with Gasteiger partial charge in [0.1, 0.15) is 12.7 Å². The van der Waals surface area contributed by atoms with Crippen molar-refractivity contribution in [2.75, 3.05) is 19.6 Å². The normalized spacial score (nSPS) is 29.4. The summed E-state index contributed by atoms with van der Waals surface area (Å²) >= 11 is 0. The van der Waals surface area contributed by atoms with Gasteiger partial charge in [0.15, 0.2) is 0 Å². The highest BCUT2D eigenvalue weighted by Gasteiger charge is 2.54. The van der Waals surface area contributed by atoms with Crippen LogP contribution in [-0.2, 0) is 11.3 Å². The van der Waals surface area contributed by atoms with E-state index in [9.17, 15) is 9.90 Å². The van der Waals surface area contributed by atoms with Crippen LogP contribution in [0.25, 0.3) is 0 Å². The van der Waals surface area contributed by atoms with Crippen LogP contribution in [0.4, 0.5) is 0 Å². The van der Waals surface area contributed by atoms with E-state index in [4.69, 9.17) is 0 Å². The van der Waals surface area contributed by atoms with Crippen molar-refractivity contribution < 1.29 is 9.90 Å². The number of nitrogens with zero attached hydrogens (tertiary/aromatic N) is 4. The zero-order chi connectivity index (χ0) is 17.3. The first-order valence-corrected chi connectivity index (χ1v) is 9.00. The minimum atomic E-state index is -0.615. The summed E-state index contributed by atoms with van der Waals surface area (Å²) < 4.78 is 1.95. The molecule has 2 aromatic rings. The van der Waals surface area contributed by atoms with E-state index in [2.05, 4.69) is 39.4 Å². The van der Waals surface area contributed by atoms with Gasteiger partial charge < -0.3 is 14.6 Å². The molecule has 25 heavy (non-hydrogen) atoms. The molecule has 0 amide bonds. The predicted octanol–water partition coefficient (Wildman–Crippen LogP) is 2.25. The Morgan fingerprint density at radius 3 is 2.68 bits per heavy atom. The smallest absolute Gasteiger partial charge is 0.311 e. The van der Waals surface area contributed by atoms with Crippen LogP contribution in [0.5, 0.6) is 0 Å². The summed E-state index contributed by atoms with van der Waals surface area (Å²) in [5, 5.41) is 17.6. The van der Waals surface area contributed by atoms with Crippen LogP contribution in [-0.4, -0.2) is 50.4 Å². The standard InChI is InChI=1S/C19H24N4O2/c24-18(25)19-7-6-16(15-4-2-1-3-5-15)10-17(19)11-22(12-19)8-9-23-13-20-21-14-23/h1-5,13-14,16-17H,6-12H2,(H,24,25)/t16-,17-,19-/m1/s1. The minimum absolute atomic E-state index is 0.227. The van der Waals surface area contributed by atoms with E-state index in [1.807, 2.05) is 10.6 Å². The van der Waals surface area contributed by atoms with E-state index in [-0.39, 0.29) is 5.92 Å². The second kappa shape index (κ2) is 6.59. The molecule has 1 N–H and O–H groups in total. The van der Waals surface area contributed by atoms with E-state index < -0.39 is 11.4 Å². The molecule has 3 atom stereocenters. The first-order chi connectivity index (χ1) is 12.2. The summed E-state index contributed by atoms with van der Waals surface area (Å²) in [7, 11) is 0. The maximum absolute atomic E-state index is 12.1. The molecule has 0 radical (unpaired) electrons. The second-order valence-electron chi connectivity index (χ2n) is 7.48. The number of hydrogen-bond donors (Lipinski definition) is 1. The average Bonchev–Trinajstić information content (AvgIpc) is 3.28. The van der Waals surface area contributed by atoms with Gasteiger partial charge in [0.05, 0.1) is 5.41 Å². The third-order valence-electron chi connectivity index (χ3n) is 6.11. The molecule has 1 saturated heterocycles. The molecular formula is C19H24N4O2. The molecule has 1 aromatic heterocycles. The molecule has 2 heterocycles. The van der Waals surface area contributed by atoms with Gasteiger partial charge in [-0.05, 0) is 36.7 Å². The summed E-state index contributed by atoms with van der Waals surface area (Å²) in [5.41, 5.74) is 0.780. The summed E-state index contributed by atoms with van der Waals surface area (Å²) in [6.07, 6.45) is 6.13. The van der Waals surface area contributed by atoms with Gasteiger partial charge in [-0.15, -0.1) is 10.2 Å². The van der Waals surface area contributed by atoms with Crippen LogP contribution in [0, 0.1) is 11.3 Å². The summed E-state index contributed by atoms with van der Waals surface area (Å²) in [6, 6.07) is 10.5. The molecule has 1 aromatic carbocycles. The quantitative estimate of drug-likeness (QED) is 0.904. The number of benzene rings is 1. The largest absolute Gasteiger partial charge is 0.481 e. The highest BCUT2D eigenvalue weighted by Crippen LogP contribution is 2.51. The lowest BCUT2D eigenvalue weighted by atomic mass is 9.64. The first-order valence-electron chi connectivity index (χ1n) is 9.00. The van der Waals surface area contributed by atoms with Gasteiger partial charge >= 0.3 is 5.97 Å². The number of carbonyl (C=O) groups is 1. The molecule has 2 fully saturated rings. The lowest BCUT2D eigenvalue weighted by molar-refractivity contribution is -0.152. The second-order valence-corrected chi connectivity index (χ2v) is 7.48. The van der Waals surface area contributed by atoms with E-state index in [0.717, 1.165) is 38.9 Å². The zero-order valence-electron chi connectivity index (χ0n) is 14.3. The Morgan fingerprint density at radius 1 is 1.20 bits per heavy atom. The molecule has 132 valence electrons. The van der Waals surface area contributed by atoms with Crippen molar-refractivity contribution in [3.05, 3.63) is 48.5 Å². The number of aromatic nitrogens is 3. The molecular weight excluding hydrogens is 316 g/mol. The molecule has 6 heteroatoms. The fraction of sp³-hybridized carbons (Fsp3) is 0.526. The number of likely N-dealkylation sites (tertiary alicyclic amines) is 1. The summed E-state index contributed by atoms with van der Waals surface area (Å²) in [5.74, 6) is 0.0946. The van der Waals surface area contributed by atoms with Gasteiger partial charge in [0.2, 0.25) is 0 Å². The Labute approximate surface area is 147 Å². The maximum Gasteiger partial charge on any atom is 0.311 e. The van der Waals surface area contributed by atoms with Crippen molar-refractivity contribution >= 4 is 5.97 Å². The molecule has 1 aliphatic carbocycles. The minimum Gasteiger partial charge on any atom is -0.481 e. The van der Waals surface area contributed by atoms with Crippen molar-refractivity contribution in [2.45, 2.75) is 31.7 Å². The fourth-order valence-corrected chi connectivity index (χ4v) is 4.70. The average molecular weight is 340 g/mol. The Kier molecular flexibility index (Phi) is 4.29. The molecule has 0 spiro atoms. The molecule has 0 bridgehead atoms. The van der Waals surface area contributed by atoms with Crippen LogP contribution in [0.2, 0.25) is 0 Å². The van der Waals surface area contributed by atoms with E-state index in [0.29, 0.717) is 12.5 Å². The topological polar surface area (TPSA) is 71.2 Å². The number of fused-ring (bicyclic) bond motifs is 1. The lowest BCUT2D eigenvalue weighted by Gasteiger charge is -2.38. The van der Waals surface area contributed by atoms with Crippen LogP contribution >= 0.6 is 0 Å². The van der Waals surface area contributed by atoms with Crippen LogP contribution in [0.15, 0.2) is 43.0 Å². The highest BCUT2D eigenvalue weighted by molar-refractivity contribution is 5.76. The van der Waals surface area contributed by atoms with Gasteiger partial charge in [0, 0.05) is 26.2 Å². The number of hydrogen-bond acceptors (Lipinski definition) is 4. The number of carboxylic acid groups (broad SMARTS) is 1. The molecule has 1 saturated carbocycles. The van der Waals surface area contributed by atoms with E-state index >= 15 is 0 Å². The van der Waals surface area contributed by atoms with Gasteiger partial charge in [-0.25, -0.2) is 0 Å². The van der Waals surface area contributed by atoms with Crippen molar-refractivity contribution in [1.82, 2.24) is 19.7 Å². The van der Waals surface area contributed by atoms with Gasteiger partial charge in [-0.3, -0.25) is 4.79 Å². The number of carboxylic acids is 1. The Hall–Kier alpha value is -2.21. The summed E-state index contributed by atoms with van der Waals surface area (Å²) in [6.45, 7) is 3.19. The van der Waals surface area contributed by atoms with Crippen molar-refractivity contribution in [3.8, 4) is 0 Å². The lowest BCUT2D eigenvalue weighted by Crippen LogP contribution is -2.42. The number of aliphatic carboxylic acids is 1. The van der Waals surface area contributed by atoms with E-state index in [1.165, 1.54) is 5.56 Å². The van der Waals surface area contributed by atoms with Gasteiger partial charge in [0.25, 0.3) is 0 Å². The predicted molar refractivity (Wildman–Crippen MR) is 93.1 cm³/mol. The maximum atomic E-state index is 12.1. The monoisotopic (exact) mass is 340 g/mol. The third-order valence-corrected chi connectivity index (χ3v) is 6.11. The number of rotatable bonds is 5. The van der Waals surface area contributed by atoms with Crippen LogP contribution in [0.3, 0.4) is 0 Å². The van der Waals surface area contributed by atoms with Crippen LogP contribution in [0.1, 0.15) is 30.7 Å². The van der Waals surface area contributed by atoms with Crippen molar-refractivity contribution in [2.24, 2.45) is 11.3 Å². The SMILES string of the molecule is O=C(O)[C@@]12CC[C@@H](c3ccccc3)C[C@@H]1CN(CCn1cnnc1)C2. The molecule has 0 unspecified atom stereocenters. The van der Waals surface area contributed by atoms with Crippen molar-refractivity contribution in [3.63, 3.8) is 0 Å². The van der Waals surface area contributed by atoms with E-state index in [1.54, 1.807) is 12.7 Å². The van der Waals surface area contributed by atoms with Gasteiger partial charge in [-0.2, -0.15) is 0 Å². The molecule has 6 nitrogen and oxygen atoms in total. The molecule has 4 rings (SSSR count). The van der Waals surface area contributed by atoms with Gasteiger partial charge in [-0.1, -0.05) is 30.3 Å². The summed E-state index contributed by atoms with van der Waals surface area (Å²) in [4.78, 5) is 14.4. The fourth-order valence-electron chi connectivity index (χ4n) is 4.70. The third kappa shape index (κ3) is 3.06. The Bertz CT molecular complexity index is 718. The first kappa shape index (κ1) is 16.3. The van der Waals surface area contributed by atoms with Crippen LogP contribution < -0.4 is 0 Å². The molecule has 1 aliphatic heterocycles. The molecule has 2 aliphatic rings. The highest BCUT2D eigenvalue weighted by atomic mass is 16.4. The van der Waals surface area contributed by atoms with Crippen molar-refractivity contribution in [1.29, 1.82) is 0 Å². The Morgan fingerprint density at radius 2 is 1.96 bits per heavy atom.